The van der Waals surface area contributed by atoms with Crippen LogP contribution < -0.4 is 10.6 Å². The van der Waals surface area contributed by atoms with Crippen LogP contribution in [0.5, 0.6) is 0 Å². The highest BCUT2D eigenvalue weighted by Crippen LogP contribution is 2.29. The molecule has 2 fully saturated rings. The summed E-state index contributed by atoms with van der Waals surface area (Å²) in [5.41, 5.74) is 1.10. The van der Waals surface area contributed by atoms with Gasteiger partial charge in [0.25, 0.3) is 0 Å². The minimum absolute atomic E-state index is 0.220. The van der Waals surface area contributed by atoms with Gasteiger partial charge in [0, 0.05) is 6.42 Å². The van der Waals surface area contributed by atoms with Crippen molar-refractivity contribution in [1.29, 1.82) is 0 Å². The second-order valence-corrected chi connectivity index (χ2v) is 7.23. The van der Waals surface area contributed by atoms with Crippen LogP contribution in [0.1, 0.15) is 20.3 Å². The van der Waals surface area contributed by atoms with Gasteiger partial charge in [-0.15, -0.1) is 0 Å². The maximum Gasteiger partial charge on any atom is 0.157 e. The Balaban J connectivity index is 1.74. The van der Waals surface area contributed by atoms with Crippen molar-refractivity contribution < 1.29 is 35.0 Å². The van der Waals surface area contributed by atoms with Crippen LogP contribution in [0.4, 0.5) is 11.4 Å². The molecular weight excluding hydrogens is 356 g/mol. The summed E-state index contributed by atoms with van der Waals surface area (Å²) in [6, 6.07) is 7.03. The first kappa shape index (κ1) is 20.3. The van der Waals surface area contributed by atoms with Gasteiger partial charge in [0.1, 0.15) is 24.4 Å². The molecule has 3 rings (SSSR count). The van der Waals surface area contributed by atoms with Gasteiger partial charge in [-0.05, 0) is 26.0 Å². The lowest BCUT2D eigenvalue weighted by Gasteiger charge is -2.40. The lowest BCUT2D eigenvalue weighted by molar-refractivity contribution is -0.209. The van der Waals surface area contributed by atoms with Gasteiger partial charge in [-0.25, -0.2) is 0 Å². The molecule has 9 atom stereocenters. The molecule has 0 unspecified atom stereocenters. The number of ether oxygens (including phenoxy) is 2. The Kier molecular flexibility index (Phi) is 6.21. The van der Waals surface area contributed by atoms with Crippen molar-refractivity contribution in [3.63, 3.8) is 0 Å². The van der Waals surface area contributed by atoms with Crippen molar-refractivity contribution in [2.24, 2.45) is 0 Å². The van der Waals surface area contributed by atoms with E-state index in [0.29, 0.717) is 17.8 Å². The number of nitrogens with one attached hydrogen (secondary N) is 2. The summed E-state index contributed by atoms with van der Waals surface area (Å²) >= 11 is 0. The molecule has 0 spiro atoms. The zero-order chi connectivity index (χ0) is 19.7. The number of rotatable bonds is 4. The first-order valence-corrected chi connectivity index (χ1v) is 9.11. The van der Waals surface area contributed by atoms with Crippen molar-refractivity contribution in [2.75, 3.05) is 10.6 Å². The van der Waals surface area contributed by atoms with E-state index in [2.05, 4.69) is 10.6 Å². The third-order valence-electron chi connectivity index (χ3n) is 5.03. The van der Waals surface area contributed by atoms with Gasteiger partial charge in [-0.2, -0.15) is 0 Å². The lowest BCUT2D eigenvalue weighted by Crippen LogP contribution is -2.58. The van der Waals surface area contributed by atoms with Crippen LogP contribution in [0.3, 0.4) is 0 Å². The summed E-state index contributed by atoms with van der Waals surface area (Å²) in [6.07, 6.45) is -8.14. The van der Waals surface area contributed by atoms with Crippen molar-refractivity contribution >= 4 is 11.4 Å². The molecule has 0 radical (unpaired) electrons. The number of hydrogen-bond donors (Lipinski definition) is 7. The molecule has 9 nitrogen and oxygen atoms in total. The van der Waals surface area contributed by atoms with Gasteiger partial charge < -0.3 is 45.6 Å². The molecule has 2 aliphatic heterocycles. The van der Waals surface area contributed by atoms with Crippen LogP contribution in [0, 0.1) is 0 Å². The van der Waals surface area contributed by atoms with Gasteiger partial charge >= 0.3 is 0 Å². The molecule has 2 saturated heterocycles. The minimum atomic E-state index is -1.34. The molecule has 2 heterocycles. The van der Waals surface area contributed by atoms with E-state index in [4.69, 9.17) is 9.47 Å². The van der Waals surface area contributed by atoms with E-state index in [1.807, 2.05) is 6.92 Å². The third-order valence-corrected chi connectivity index (χ3v) is 5.03. The standard InChI is InChI=1S/C18H28N2O7/c1-8-7-12(21)14(23)17(26-8)19-10-5-3-4-6-11(10)20-18-16(25)15(24)13(22)9(2)27-18/h3-6,8-9,12-25H,7H2,1-2H3/t8-,9-,12+,13+,14+,15-,16-,17-,18-/m1/s1. The molecule has 0 bridgehead atoms. The number of aliphatic hydroxyl groups is 5. The molecule has 9 heteroatoms. The minimum Gasteiger partial charge on any atom is -0.390 e. The van der Waals surface area contributed by atoms with E-state index >= 15 is 0 Å². The predicted octanol–water partition coefficient (Wildman–Crippen LogP) is -0.805. The molecule has 1 aromatic carbocycles. The van der Waals surface area contributed by atoms with Gasteiger partial charge in [-0.1, -0.05) is 12.1 Å². The molecule has 0 amide bonds. The fourth-order valence-electron chi connectivity index (χ4n) is 3.40. The first-order chi connectivity index (χ1) is 12.8. The summed E-state index contributed by atoms with van der Waals surface area (Å²) in [4.78, 5) is 0. The molecule has 7 N–H and O–H groups in total. The quantitative estimate of drug-likeness (QED) is 0.355. The zero-order valence-corrected chi connectivity index (χ0v) is 15.3. The highest BCUT2D eigenvalue weighted by atomic mass is 16.5. The van der Waals surface area contributed by atoms with Crippen molar-refractivity contribution in [3.8, 4) is 0 Å². The van der Waals surface area contributed by atoms with E-state index in [0.717, 1.165) is 0 Å². The van der Waals surface area contributed by atoms with Crippen LogP contribution in [-0.4, -0.2) is 80.7 Å². The average molecular weight is 384 g/mol. The largest absolute Gasteiger partial charge is 0.390 e. The van der Waals surface area contributed by atoms with Crippen molar-refractivity contribution in [1.82, 2.24) is 0 Å². The average Bonchev–Trinajstić information content (AvgIpc) is 2.63. The topological polar surface area (TPSA) is 144 Å². The smallest absolute Gasteiger partial charge is 0.157 e. The Hall–Kier alpha value is -1.46. The summed E-state index contributed by atoms with van der Waals surface area (Å²) in [5, 5.41) is 56.2. The third kappa shape index (κ3) is 4.35. The summed E-state index contributed by atoms with van der Waals surface area (Å²) in [6.45, 7) is 3.42. The second-order valence-electron chi connectivity index (χ2n) is 7.23. The Bertz CT molecular complexity index is 633. The van der Waals surface area contributed by atoms with E-state index < -0.39 is 49.1 Å². The van der Waals surface area contributed by atoms with E-state index in [-0.39, 0.29) is 6.10 Å². The monoisotopic (exact) mass is 384 g/mol. The lowest BCUT2D eigenvalue weighted by atomic mass is 9.99. The highest BCUT2D eigenvalue weighted by Gasteiger charge is 2.42. The summed E-state index contributed by atoms with van der Waals surface area (Å²) in [5.74, 6) is 0. The van der Waals surface area contributed by atoms with Crippen LogP contribution >= 0.6 is 0 Å². The number of hydrogen-bond acceptors (Lipinski definition) is 9. The van der Waals surface area contributed by atoms with E-state index in [1.165, 1.54) is 0 Å². The number of anilines is 2. The SMILES string of the molecule is C[C@@H]1C[C@H](O)[C@H](O)[C@H](Nc2ccccc2N[C@@H]2O[C@H](C)[C@H](O)[C@@H](O)[C@H]2O)O1. The summed E-state index contributed by atoms with van der Waals surface area (Å²) < 4.78 is 11.3. The summed E-state index contributed by atoms with van der Waals surface area (Å²) in [7, 11) is 0. The first-order valence-electron chi connectivity index (χ1n) is 9.11. The molecule has 27 heavy (non-hydrogen) atoms. The Labute approximate surface area is 157 Å². The number of benzene rings is 1. The maximum absolute atomic E-state index is 10.2. The molecular formula is C18H28N2O7. The van der Waals surface area contributed by atoms with E-state index in [1.54, 1.807) is 31.2 Å². The fourth-order valence-corrected chi connectivity index (χ4v) is 3.40. The van der Waals surface area contributed by atoms with Gasteiger partial charge in [-0.3, -0.25) is 0 Å². The van der Waals surface area contributed by atoms with E-state index in [9.17, 15) is 25.5 Å². The number of para-hydroxylation sites is 2. The zero-order valence-electron chi connectivity index (χ0n) is 15.3. The molecule has 0 aliphatic carbocycles. The Morgan fingerprint density at radius 3 is 1.93 bits per heavy atom. The molecule has 1 aromatic rings. The maximum atomic E-state index is 10.2. The normalized spacial score (nSPS) is 42.6. The molecule has 2 aliphatic rings. The highest BCUT2D eigenvalue weighted by molar-refractivity contribution is 5.69. The molecule has 152 valence electrons. The Morgan fingerprint density at radius 1 is 0.778 bits per heavy atom. The van der Waals surface area contributed by atoms with Crippen LogP contribution in [0.25, 0.3) is 0 Å². The Morgan fingerprint density at radius 2 is 1.33 bits per heavy atom. The van der Waals surface area contributed by atoms with Gasteiger partial charge in [0.15, 0.2) is 12.5 Å². The van der Waals surface area contributed by atoms with Gasteiger partial charge in [0.05, 0.1) is 29.7 Å². The van der Waals surface area contributed by atoms with Crippen LogP contribution in [0.2, 0.25) is 0 Å². The number of aliphatic hydroxyl groups excluding tert-OH is 5. The second kappa shape index (κ2) is 8.27. The fraction of sp³-hybridized carbons (Fsp3) is 0.667. The van der Waals surface area contributed by atoms with Crippen LogP contribution in [-0.2, 0) is 9.47 Å². The van der Waals surface area contributed by atoms with Gasteiger partial charge in [0.2, 0.25) is 0 Å². The van der Waals surface area contributed by atoms with Crippen molar-refractivity contribution in [3.05, 3.63) is 24.3 Å². The molecule has 0 aromatic heterocycles. The van der Waals surface area contributed by atoms with Crippen molar-refractivity contribution in [2.45, 2.75) is 75.5 Å². The predicted molar refractivity (Wildman–Crippen MR) is 97.0 cm³/mol. The molecule has 0 saturated carbocycles. The van der Waals surface area contributed by atoms with Crippen LogP contribution in [0.15, 0.2) is 24.3 Å².